The van der Waals surface area contributed by atoms with Crippen molar-refractivity contribution in [3.05, 3.63) is 53.0 Å². The number of nitrogens with zero attached hydrogens (tertiary/aromatic N) is 3. The lowest BCUT2D eigenvalue weighted by Gasteiger charge is -2.17. The van der Waals surface area contributed by atoms with Gasteiger partial charge in [-0.1, -0.05) is 26.5 Å². The van der Waals surface area contributed by atoms with Gasteiger partial charge in [0.25, 0.3) is 5.91 Å². The maximum Gasteiger partial charge on any atom is 0.302 e. The number of ether oxygens (including phenoxy) is 1. The monoisotopic (exact) mass is 447 g/mol. The zero-order valence-electron chi connectivity index (χ0n) is 18.8. The number of alkyl halides is 2. The summed E-state index contributed by atoms with van der Waals surface area (Å²) in [4.78, 5) is 36.8. The van der Waals surface area contributed by atoms with E-state index < -0.39 is 18.4 Å². The van der Waals surface area contributed by atoms with Gasteiger partial charge in [0.2, 0.25) is 17.7 Å². The molecule has 0 aliphatic carbocycles. The van der Waals surface area contributed by atoms with Crippen LogP contribution in [0.3, 0.4) is 0 Å². The van der Waals surface area contributed by atoms with Gasteiger partial charge in [-0.2, -0.15) is 8.78 Å². The molecule has 2 rings (SSSR count). The molecular weight excluding hydrogens is 420 g/mol. The molecule has 2 aromatic rings. The van der Waals surface area contributed by atoms with Gasteiger partial charge in [0.05, 0.1) is 0 Å². The van der Waals surface area contributed by atoms with E-state index in [9.17, 15) is 18.4 Å². The van der Waals surface area contributed by atoms with Crippen molar-refractivity contribution in [3.63, 3.8) is 0 Å². The second-order valence-corrected chi connectivity index (χ2v) is 7.71. The quantitative estimate of drug-likeness (QED) is 0.569. The Morgan fingerprint density at radius 1 is 1.19 bits per heavy atom. The number of hydrogen-bond donors (Lipinski definition) is 2. The van der Waals surface area contributed by atoms with Crippen molar-refractivity contribution in [1.29, 1.82) is 0 Å². The minimum absolute atomic E-state index is 0.0514. The Hall–Kier alpha value is -3.43. The van der Waals surface area contributed by atoms with Crippen LogP contribution in [0.1, 0.15) is 48.2 Å². The fourth-order valence-corrected chi connectivity index (χ4v) is 2.38. The first-order valence-electron chi connectivity index (χ1n) is 9.97. The highest BCUT2D eigenvalue weighted by atomic mass is 19.3. The highest BCUT2D eigenvalue weighted by Crippen LogP contribution is 2.23. The first-order chi connectivity index (χ1) is 14.9. The van der Waals surface area contributed by atoms with Gasteiger partial charge in [0, 0.05) is 29.9 Å². The minimum Gasteiger partial charge on any atom is -0.471 e. The normalized spacial score (nSPS) is 11.2. The largest absolute Gasteiger partial charge is 0.471 e. The first kappa shape index (κ1) is 24.8. The maximum atomic E-state index is 13.6. The molecule has 172 valence electrons. The standard InChI is InChI=1S/C22H27F2N5O3/c1-12(2)19(30)29-21-26-14(5)9-17(28-21)20(31)25-10-16-7-8-18(27-15(16)6)32-11-22(23,24)13(3)4/h7-9,12H,3,10-11H2,1-2,4-6H3,(H,25,31)(H,26,28,29,30). The van der Waals surface area contributed by atoms with Crippen LogP contribution >= 0.6 is 0 Å². The molecule has 0 atom stereocenters. The molecule has 2 aromatic heterocycles. The molecule has 0 aromatic carbocycles. The van der Waals surface area contributed by atoms with E-state index in [-0.39, 0.29) is 41.5 Å². The number of halogens is 2. The predicted octanol–water partition coefficient (Wildman–Crippen LogP) is 3.60. The average Bonchev–Trinajstić information content (AvgIpc) is 2.70. The van der Waals surface area contributed by atoms with Gasteiger partial charge in [-0.05, 0) is 38.0 Å². The predicted molar refractivity (Wildman–Crippen MR) is 116 cm³/mol. The highest BCUT2D eigenvalue weighted by molar-refractivity contribution is 5.94. The number of hydrogen-bond acceptors (Lipinski definition) is 6. The summed E-state index contributed by atoms with van der Waals surface area (Å²) in [5, 5.41) is 5.30. The average molecular weight is 447 g/mol. The number of pyridine rings is 1. The Morgan fingerprint density at radius 2 is 1.88 bits per heavy atom. The maximum absolute atomic E-state index is 13.6. The zero-order chi connectivity index (χ0) is 24.1. The van der Waals surface area contributed by atoms with Crippen molar-refractivity contribution in [2.24, 2.45) is 5.92 Å². The topological polar surface area (TPSA) is 106 Å². The van der Waals surface area contributed by atoms with E-state index in [1.807, 2.05) is 0 Å². The van der Waals surface area contributed by atoms with Crippen LogP contribution in [0.4, 0.5) is 14.7 Å². The Morgan fingerprint density at radius 3 is 2.47 bits per heavy atom. The Bertz CT molecular complexity index is 1020. The molecular formula is C22H27F2N5O3. The van der Waals surface area contributed by atoms with Crippen molar-refractivity contribution >= 4 is 17.8 Å². The number of amides is 2. The molecule has 10 heteroatoms. The first-order valence-corrected chi connectivity index (χ1v) is 9.97. The zero-order valence-corrected chi connectivity index (χ0v) is 18.8. The van der Waals surface area contributed by atoms with Crippen LogP contribution in [-0.4, -0.2) is 39.3 Å². The number of rotatable bonds is 9. The number of nitrogens with one attached hydrogen (secondary N) is 2. The Labute approximate surface area is 185 Å². The lowest BCUT2D eigenvalue weighted by Crippen LogP contribution is -2.27. The fraction of sp³-hybridized carbons (Fsp3) is 0.409. The number of aromatic nitrogens is 3. The van der Waals surface area contributed by atoms with Gasteiger partial charge in [0.1, 0.15) is 5.69 Å². The van der Waals surface area contributed by atoms with Gasteiger partial charge >= 0.3 is 5.92 Å². The number of aryl methyl sites for hydroxylation is 2. The van der Waals surface area contributed by atoms with E-state index >= 15 is 0 Å². The molecule has 2 heterocycles. The number of carbonyl (C=O) groups excluding carboxylic acids is 2. The summed E-state index contributed by atoms with van der Waals surface area (Å²) in [5.74, 6) is -4.02. The lowest BCUT2D eigenvalue weighted by molar-refractivity contribution is -0.118. The van der Waals surface area contributed by atoms with Crippen LogP contribution < -0.4 is 15.4 Å². The third-order valence-electron chi connectivity index (χ3n) is 4.48. The van der Waals surface area contributed by atoms with E-state index in [1.165, 1.54) is 19.1 Å². The molecule has 2 N–H and O–H groups in total. The van der Waals surface area contributed by atoms with Crippen LogP contribution in [0.5, 0.6) is 5.88 Å². The fourth-order valence-electron chi connectivity index (χ4n) is 2.38. The minimum atomic E-state index is -3.15. The van der Waals surface area contributed by atoms with Crippen molar-refractivity contribution < 1.29 is 23.1 Å². The second-order valence-electron chi connectivity index (χ2n) is 7.71. The SMILES string of the molecule is C=C(C)C(F)(F)COc1ccc(CNC(=O)c2cc(C)nc(NC(=O)C(C)C)n2)c(C)n1. The van der Waals surface area contributed by atoms with E-state index in [1.54, 1.807) is 33.8 Å². The number of anilines is 1. The molecule has 0 spiro atoms. The smallest absolute Gasteiger partial charge is 0.302 e. The van der Waals surface area contributed by atoms with E-state index in [4.69, 9.17) is 4.74 Å². The van der Waals surface area contributed by atoms with Crippen LogP contribution in [0.25, 0.3) is 0 Å². The van der Waals surface area contributed by atoms with E-state index in [0.717, 1.165) is 0 Å². The van der Waals surface area contributed by atoms with Crippen LogP contribution in [-0.2, 0) is 11.3 Å². The molecule has 32 heavy (non-hydrogen) atoms. The van der Waals surface area contributed by atoms with Crippen LogP contribution in [0.2, 0.25) is 0 Å². The summed E-state index contributed by atoms with van der Waals surface area (Å²) in [5.41, 5.74) is 1.53. The van der Waals surface area contributed by atoms with Crippen molar-refractivity contribution in [2.75, 3.05) is 11.9 Å². The van der Waals surface area contributed by atoms with Crippen LogP contribution in [0.15, 0.2) is 30.4 Å². The molecule has 0 aliphatic heterocycles. The van der Waals surface area contributed by atoms with Crippen molar-refractivity contribution in [3.8, 4) is 5.88 Å². The summed E-state index contributed by atoms with van der Waals surface area (Å²) >= 11 is 0. The van der Waals surface area contributed by atoms with E-state index in [0.29, 0.717) is 17.0 Å². The third-order valence-corrected chi connectivity index (χ3v) is 4.48. The summed E-state index contributed by atoms with van der Waals surface area (Å²) in [6, 6.07) is 4.60. The summed E-state index contributed by atoms with van der Waals surface area (Å²) in [6.07, 6.45) is 0. The lowest BCUT2D eigenvalue weighted by atomic mass is 10.2. The molecule has 8 nitrogen and oxygen atoms in total. The Kier molecular flexibility index (Phi) is 7.96. The summed E-state index contributed by atoms with van der Waals surface area (Å²) < 4.78 is 32.3. The molecule has 2 amide bonds. The van der Waals surface area contributed by atoms with Crippen LogP contribution in [0, 0.1) is 19.8 Å². The van der Waals surface area contributed by atoms with Crippen molar-refractivity contribution in [2.45, 2.75) is 47.1 Å². The van der Waals surface area contributed by atoms with Gasteiger partial charge in [-0.25, -0.2) is 15.0 Å². The van der Waals surface area contributed by atoms with E-state index in [2.05, 4.69) is 32.2 Å². The van der Waals surface area contributed by atoms with Gasteiger partial charge in [-0.3, -0.25) is 14.9 Å². The third kappa shape index (κ3) is 6.79. The molecule has 0 radical (unpaired) electrons. The Balaban J connectivity index is 2.03. The molecule has 0 unspecified atom stereocenters. The number of carbonyl (C=O) groups is 2. The summed E-state index contributed by atoms with van der Waals surface area (Å²) in [6.45, 7) is 10.6. The van der Waals surface area contributed by atoms with Crippen molar-refractivity contribution in [1.82, 2.24) is 20.3 Å². The van der Waals surface area contributed by atoms with Gasteiger partial charge in [-0.15, -0.1) is 0 Å². The summed E-state index contributed by atoms with van der Waals surface area (Å²) in [7, 11) is 0. The molecule has 0 bridgehead atoms. The molecule has 0 fully saturated rings. The van der Waals surface area contributed by atoms with Gasteiger partial charge < -0.3 is 10.1 Å². The molecule has 0 aliphatic rings. The second kappa shape index (κ2) is 10.3. The molecule has 0 saturated heterocycles. The van der Waals surface area contributed by atoms with Gasteiger partial charge in [0.15, 0.2) is 6.61 Å². The molecule has 0 saturated carbocycles. The highest BCUT2D eigenvalue weighted by Gasteiger charge is 2.31.